The van der Waals surface area contributed by atoms with Crippen LogP contribution in [0.4, 0.5) is 13.2 Å². The first-order chi connectivity index (χ1) is 21.4. The van der Waals surface area contributed by atoms with Crippen molar-refractivity contribution in [2.75, 3.05) is 13.1 Å². The minimum Gasteiger partial charge on any atom is -0.370 e. The highest BCUT2D eigenvalue weighted by molar-refractivity contribution is 8.00. The molecule has 2 heterocycles. The summed E-state index contributed by atoms with van der Waals surface area (Å²) in [4.78, 5) is 24.5. The lowest BCUT2D eigenvalue weighted by Gasteiger charge is -2.18. The van der Waals surface area contributed by atoms with Crippen LogP contribution in [0.3, 0.4) is 0 Å². The summed E-state index contributed by atoms with van der Waals surface area (Å²) in [6, 6.07) is 14.4. The van der Waals surface area contributed by atoms with Gasteiger partial charge in [0.25, 0.3) is 0 Å². The van der Waals surface area contributed by atoms with Crippen LogP contribution in [0.15, 0.2) is 82.1 Å². The molecule has 4 rings (SSSR count). The van der Waals surface area contributed by atoms with Crippen LogP contribution in [0.2, 0.25) is 0 Å². The Morgan fingerprint density at radius 2 is 1.93 bits per heavy atom. The van der Waals surface area contributed by atoms with Crippen LogP contribution in [0, 0.1) is 0 Å². The predicted octanol–water partition coefficient (Wildman–Crippen LogP) is 5.53. The number of aromatic nitrogens is 3. The Morgan fingerprint density at radius 3 is 2.60 bits per heavy atom. The molecule has 13 heteroatoms. The summed E-state index contributed by atoms with van der Waals surface area (Å²) in [5.74, 6) is 0.0687. The van der Waals surface area contributed by atoms with Gasteiger partial charge in [-0.15, -0.1) is 6.58 Å². The molecule has 0 spiro atoms. The third-order valence-corrected chi connectivity index (χ3v) is 7.84. The molecule has 0 fully saturated rings. The number of halogens is 3. The summed E-state index contributed by atoms with van der Waals surface area (Å²) in [7, 11) is 0. The molecule has 2 aromatic carbocycles. The number of rotatable bonds is 15. The third kappa shape index (κ3) is 9.96. The molecule has 45 heavy (non-hydrogen) atoms. The number of hydrogen-bond acceptors (Lipinski definition) is 6. The number of hydrogen-bond donors (Lipinski definition) is 5. The fourth-order valence-electron chi connectivity index (χ4n) is 5.05. The zero-order valence-electron chi connectivity index (χ0n) is 25.1. The van der Waals surface area contributed by atoms with Crippen molar-refractivity contribution in [1.29, 1.82) is 0 Å². The minimum atomic E-state index is -4.42. The normalized spacial score (nSPS) is 13.1. The fraction of sp³-hybridized carbons (Fsp3) is 0.344. The smallest absolute Gasteiger partial charge is 0.370 e. The molecule has 4 aromatic rings. The first-order valence-corrected chi connectivity index (χ1v) is 15.5. The molecule has 9 nitrogen and oxygen atoms in total. The number of guanidine groups is 1. The Morgan fingerprint density at radius 1 is 1.18 bits per heavy atom. The highest BCUT2D eigenvalue weighted by atomic mass is 32.2. The first-order valence-electron chi connectivity index (χ1n) is 14.7. The molecule has 2 atom stereocenters. The van der Waals surface area contributed by atoms with Crippen molar-refractivity contribution in [2.24, 2.45) is 22.2 Å². The zero-order valence-corrected chi connectivity index (χ0v) is 25.9. The van der Waals surface area contributed by atoms with Crippen molar-refractivity contribution in [3.63, 3.8) is 0 Å². The Hall–Kier alpha value is -4.07. The topological polar surface area (TPSA) is 153 Å². The number of benzene rings is 2. The maximum absolute atomic E-state index is 13.3. The van der Waals surface area contributed by atoms with E-state index in [1.165, 1.54) is 10.6 Å². The van der Waals surface area contributed by atoms with Gasteiger partial charge in [0, 0.05) is 40.8 Å². The summed E-state index contributed by atoms with van der Waals surface area (Å²) in [6.45, 7) is 7.00. The van der Waals surface area contributed by atoms with E-state index >= 15 is 0 Å². The highest BCUT2D eigenvalue weighted by Gasteiger charge is 2.29. The molecule has 0 saturated heterocycles. The van der Waals surface area contributed by atoms with Gasteiger partial charge in [0.1, 0.15) is 5.65 Å². The van der Waals surface area contributed by atoms with E-state index in [1.807, 2.05) is 43.3 Å². The van der Waals surface area contributed by atoms with Gasteiger partial charge in [-0.05, 0) is 110 Å². The molecule has 0 aliphatic rings. The summed E-state index contributed by atoms with van der Waals surface area (Å²) in [5, 5.41) is 4.13. The minimum absolute atomic E-state index is 0.0132. The molecule has 240 valence electrons. The van der Waals surface area contributed by atoms with Crippen LogP contribution in [-0.4, -0.2) is 45.1 Å². The second-order valence-corrected chi connectivity index (χ2v) is 12.1. The average Bonchev–Trinajstić information content (AvgIpc) is 3.38. The van der Waals surface area contributed by atoms with Crippen molar-refractivity contribution in [3.05, 3.63) is 89.0 Å². The third-order valence-electron chi connectivity index (χ3n) is 7.14. The van der Waals surface area contributed by atoms with Crippen molar-refractivity contribution in [3.8, 4) is 16.9 Å². The van der Waals surface area contributed by atoms with E-state index in [0.717, 1.165) is 30.4 Å². The van der Waals surface area contributed by atoms with Crippen LogP contribution in [0.25, 0.3) is 28.0 Å². The lowest BCUT2D eigenvalue weighted by molar-refractivity contribution is -0.0328. The quantitative estimate of drug-likeness (QED) is 0.0376. The van der Waals surface area contributed by atoms with Gasteiger partial charge in [-0.2, -0.15) is 18.2 Å². The number of nitrogens with zero attached hydrogens (tertiary/aromatic N) is 3. The van der Waals surface area contributed by atoms with E-state index in [2.05, 4.69) is 26.9 Å². The van der Waals surface area contributed by atoms with E-state index in [4.69, 9.17) is 17.2 Å². The number of nitrogens with two attached hydrogens (primary N) is 3. The molecule has 2 aromatic heterocycles. The number of H-pyrrole nitrogens is 1. The molecule has 0 aliphatic heterocycles. The number of aryl methyl sites for hydroxylation is 1. The summed E-state index contributed by atoms with van der Waals surface area (Å²) in [6.07, 6.45) is 7.12. The average molecular weight is 641 g/mol. The van der Waals surface area contributed by atoms with E-state index < -0.39 is 11.2 Å². The Kier molecular flexibility index (Phi) is 11.5. The summed E-state index contributed by atoms with van der Waals surface area (Å²) in [5.41, 5.74) is 15.7. The molecule has 8 N–H and O–H groups in total. The van der Waals surface area contributed by atoms with Crippen molar-refractivity contribution < 1.29 is 13.2 Å². The van der Waals surface area contributed by atoms with Gasteiger partial charge in [0.15, 0.2) is 5.96 Å². The highest BCUT2D eigenvalue weighted by Crippen LogP contribution is 2.39. The van der Waals surface area contributed by atoms with Gasteiger partial charge in [-0.25, -0.2) is 4.79 Å². The van der Waals surface area contributed by atoms with Gasteiger partial charge in [0.2, 0.25) is 0 Å². The van der Waals surface area contributed by atoms with Crippen LogP contribution in [0.1, 0.15) is 49.8 Å². The van der Waals surface area contributed by atoms with Crippen LogP contribution >= 0.6 is 11.8 Å². The largest absolute Gasteiger partial charge is 0.446 e. The molecule has 0 bridgehead atoms. The van der Waals surface area contributed by atoms with Crippen molar-refractivity contribution in [2.45, 2.75) is 61.5 Å². The molecule has 0 saturated carbocycles. The number of fused-ring (bicyclic) bond motifs is 1. The number of aliphatic imine (C=N–C) groups is 1. The first kappa shape index (κ1) is 33.8. The fourth-order valence-corrected chi connectivity index (χ4v) is 5.71. The second kappa shape index (κ2) is 15.3. The van der Waals surface area contributed by atoms with E-state index in [1.54, 1.807) is 18.3 Å². The second-order valence-electron chi connectivity index (χ2n) is 10.9. The number of thioether (sulfide) groups is 1. The Balaban J connectivity index is 1.58. The van der Waals surface area contributed by atoms with Gasteiger partial charge in [-0.1, -0.05) is 18.2 Å². The van der Waals surface area contributed by atoms with E-state index in [0.29, 0.717) is 53.9 Å². The van der Waals surface area contributed by atoms with Crippen molar-refractivity contribution in [1.82, 2.24) is 19.9 Å². The van der Waals surface area contributed by atoms with Crippen LogP contribution in [-0.2, 0) is 6.42 Å². The number of alkyl halides is 3. The lowest BCUT2D eigenvalue weighted by atomic mass is 10.0. The van der Waals surface area contributed by atoms with Crippen molar-refractivity contribution >= 4 is 28.8 Å². The van der Waals surface area contributed by atoms with Crippen LogP contribution < -0.4 is 28.2 Å². The Bertz CT molecular complexity index is 1670. The van der Waals surface area contributed by atoms with Gasteiger partial charge in [-0.3, -0.25) is 9.56 Å². The molecular formula is C32H39F3N8OS. The van der Waals surface area contributed by atoms with Gasteiger partial charge in [0.05, 0.1) is 5.69 Å². The van der Waals surface area contributed by atoms with Gasteiger partial charge < -0.3 is 27.5 Å². The monoisotopic (exact) mass is 640 g/mol. The SMILES string of the molecule is C=CC[C@H](NCCCN=C(N)N)c1ccc(-n2cc3cc(-c4cc(CCC[C@H](C)N)cc(SC(F)(F)F)c4)[nH]c3nc2=O)cc1. The maximum atomic E-state index is 13.3. The standard InChI is InChI=1S/C32H39F3N8OS/c1-3-6-27(39-13-5-14-40-30(37)38)22-9-11-25(12-10-22)43-19-24-18-28(41-29(24)42-31(43)44)23-15-21(8-4-7-20(2)36)16-26(17-23)45-32(33,34)35/h3,9-12,15-20,27,39H,1,4-8,13-14,36H2,2H3,(H4,37,38,40)(H,41,42,44)/t20-,27-/m0/s1. The van der Waals surface area contributed by atoms with E-state index in [9.17, 15) is 18.0 Å². The molecule has 0 aliphatic carbocycles. The predicted molar refractivity (Wildman–Crippen MR) is 176 cm³/mol. The van der Waals surface area contributed by atoms with Crippen LogP contribution in [0.5, 0.6) is 0 Å². The molecule has 0 radical (unpaired) electrons. The summed E-state index contributed by atoms with van der Waals surface area (Å²) >= 11 is -0.147. The Labute approximate surface area is 264 Å². The zero-order chi connectivity index (χ0) is 32.6. The maximum Gasteiger partial charge on any atom is 0.446 e. The number of nitrogens with one attached hydrogen (secondary N) is 2. The molecule has 0 unspecified atom stereocenters. The lowest BCUT2D eigenvalue weighted by Crippen LogP contribution is -2.25. The number of aromatic amines is 1. The summed E-state index contributed by atoms with van der Waals surface area (Å²) < 4.78 is 41.3. The van der Waals surface area contributed by atoms with Gasteiger partial charge >= 0.3 is 11.2 Å². The molecular weight excluding hydrogens is 601 g/mol. The van der Waals surface area contributed by atoms with E-state index in [-0.39, 0.29) is 34.7 Å². The molecule has 0 amide bonds.